The van der Waals surface area contributed by atoms with E-state index in [1.54, 1.807) is 0 Å². The van der Waals surface area contributed by atoms with Gasteiger partial charge in [-0.05, 0) is 5.92 Å². The van der Waals surface area contributed by atoms with Crippen LogP contribution in [-0.2, 0) is 14.3 Å². The zero-order chi connectivity index (χ0) is 12.7. The Morgan fingerprint density at radius 3 is 2.25 bits per heavy atom. The first-order chi connectivity index (χ1) is 7.38. The Bertz CT molecular complexity index is 240. The summed E-state index contributed by atoms with van der Waals surface area (Å²) in [4.78, 5) is 22.0. The molecule has 0 bridgehead atoms. The van der Waals surface area contributed by atoms with E-state index in [2.05, 4.69) is 5.32 Å². The highest BCUT2D eigenvalue weighted by Gasteiger charge is 2.18. The molecule has 0 saturated carbocycles. The van der Waals surface area contributed by atoms with Crippen molar-refractivity contribution in [3.05, 3.63) is 0 Å². The fraction of sp³-hybridized carbons (Fsp3) is 0.818. The molecule has 0 aliphatic rings. The van der Waals surface area contributed by atoms with Crippen LogP contribution in [0.2, 0.25) is 0 Å². The smallest absolute Gasteiger partial charge is 0.306 e. The van der Waals surface area contributed by atoms with Gasteiger partial charge >= 0.3 is 5.97 Å². The van der Waals surface area contributed by atoms with Gasteiger partial charge in [0, 0.05) is 19.6 Å². The number of carboxylic acid groups (broad SMARTS) is 1. The van der Waals surface area contributed by atoms with Gasteiger partial charge in [-0.15, -0.1) is 0 Å². The molecule has 0 aromatic heterocycles. The summed E-state index contributed by atoms with van der Waals surface area (Å²) in [6, 6.07) is 0. The molecule has 0 saturated heterocycles. The van der Waals surface area contributed by atoms with Crippen molar-refractivity contribution in [3.63, 3.8) is 0 Å². The van der Waals surface area contributed by atoms with Crippen LogP contribution >= 0.6 is 0 Å². The predicted molar refractivity (Wildman–Crippen MR) is 60.1 cm³/mol. The Labute approximate surface area is 96.2 Å². The minimum absolute atomic E-state index is 0.0672. The highest BCUT2D eigenvalue weighted by Crippen LogP contribution is 2.09. The van der Waals surface area contributed by atoms with E-state index in [9.17, 15) is 9.59 Å². The SMILES string of the molecule is COC(CNC(=O)C(C)C(C)C)CC(=O)O. The second kappa shape index (κ2) is 7.22. The molecule has 0 aromatic rings. The van der Waals surface area contributed by atoms with Gasteiger partial charge in [0.15, 0.2) is 0 Å². The van der Waals surface area contributed by atoms with Crippen molar-refractivity contribution in [2.24, 2.45) is 11.8 Å². The lowest BCUT2D eigenvalue weighted by Crippen LogP contribution is -2.38. The summed E-state index contributed by atoms with van der Waals surface area (Å²) in [6.45, 7) is 6.02. The molecule has 2 atom stereocenters. The number of rotatable bonds is 7. The number of carboxylic acids is 1. The second-order valence-corrected chi connectivity index (χ2v) is 4.23. The summed E-state index contributed by atoms with van der Waals surface area (Å²) in [6.07, 6.45) is -0.576. The number of amides is 1. The number of hydrogen-bond donors (Lipinski definition) is 2. The van der Waals surface area contributed by atoms with Crippen molar-refractivity contribution >= 4 is 11.9 Å². The van der Waals surface area contributed by atoms with E-state index in [0.29, 0.717) is 0 Å². The van der Waals surface area contributed by atoms with Gasteiger partial charge in [-0.3, -0.25) is 9.59 Å². The van der Waals surface area contributed by atoms with Crippen LogP contribution in [-0.4, -0.2) is 36.7 Å². The van der Waals surface area contributed by atoms with E-state index in [1.807, 2.05) is 20.8 Å². The van der Waals surface area contributed by atoms with Crippen molar-refractivity contribution in [3.8, 4) is 0 Å². The maximum absolute atomic E-state index is 11.6. The van der Waals surface area contributed by atoms with Crippen LogP contribution in [0.3, 0.4) is 0 Å². The van der Waals surface area contributed by atoms with Crippen molar-refractivity contribution in [2.45, 2.75) is 33.3 Å². The van der Waals surface area contributed by atoms with Gasteiger partial charge in [-0.25, -0.2) is 0 Å². The molecule has 94 valence electrons. The number of aliphatic carboxylic acids is 1. The van der Waals surface area contributed by atoms with E-state index in [-0.39, 0.29) is 30.7 Å². The molecule has 0 rings (SSSR count). The Morgan fingerprint density at radius 1 is 1.31 bits per heavy atom. The van der Waals surface area contributed by atoms with Crippen LogP contribution in [0.1, 0.15) is 27.2 Å². The maximum Gasteiger partial charge on any atom is 0.306 e. The molecule has 2 unspecified atom stereocenters. The second-order valence-electron chi connectivity index (χ2n) is 4.23. The van der Waals surface area contributed by atoms with Gasteiger partial charge in [-0.2, -0.15) is 0 Å². The normalized spacial score (nSPS) is 14.6. The Balaban J connectivity index is 4.01. The first kappa shape index (κ1) is 14.9. The molecular weight excluding hydrogens is 210 g/mol. The zero-order valence-corrected chi connectivity index (χ0v) is 10.3. The molecule has 0 aliphatic carbocycles. The van der Waals surface area contributed by atoms with Gasteiger partial charge in [-0.1, -0.05) is 20.8 Å². The average Bonchev–Trinajstić information content (AvgIpc) is 2.21. The lowest BCUT2D eigenvalue weighted by Gasteiger charge is -2.18. The number of carbonyl (C=O) groups excluding carboxylic acids is 1. The van der Waals surface area contributed by atoms with Crippen LogP contribution in [0.25, 0.3) is 0 Å². The average molecular weight is 231 g/mol. The lowest BCUT2D eigenvalue weighted by atomic mass is 9.97. The summed E-state index contributed by atoms with van der Waals surface area (Å²) >= 11 is 0. The summed E-state index contributed by atoms with van der Waals surface area (Å²) in [5.74, 6) is -0.816. The molecule has 2 N–H and O–H groups in total. The summed E-state index contributed by atoms with van der Waals surface area (Å²) in [5, 5.41) is 11.3. The van der Waals surface area contributed by atoms with Crippen LogP contribution in [0.15, 0.2) is 0 Å². The molecular formula is C11H21NO4. The molecule has 0 aromatic carbocycles. The third kappa shape index (κ3) is 5.70. The maximum atomic E-state index is 11.6. The fourth-order valence-corrected chi connectivity index (χ4v) is 1.11. The fourth-order valence-electron chi connectivity index (χ4n) is 1.11. The molecule has 0 aliphatic heterocycles. The van der Waals surface area contributed by atoms with Gasteiger partial charge in [0.1, 0.15) is 0 Å². The Kier molecular flexibility index (Phi) is 6.72. The molecule has 5 nitrogen and oxygen atoms in total. The van der Waals surface area contributed by atoms with Gasteiger partial charge in [0.2, 0.25) is 5.91 Å². The number of hydrogen-bond acceptors (Lipinski definition) is 3. The number of methoxy groups -OCH3 is 1. The highest BCUT2D eigenvalue weighted by molar-refractivity contribution is 5.78. The minimum Gasteiger partial charge on any atom is -0.481 e. The zero-order valence-electron chi connectivity index (χ0n) is 10.3. The molecule has 1 amide bonds. The van der Waals surface area contributed by atoms with Gasteiger partial charge < -0.3 is 15.2 Å². The van der Waals surface area contributed by atoms with Crippen molar-refractivity contribution < 1.29 is 19.4 Å². The standard InChI is InChI=1S/C11H21NO4/c1-7(2)8(3)11(15)12-6-9(16-4)5-10(13)14/h7-9H,5-6H2,1-4H3,(H,12,15)(H,13,14). The van der Waals surface area contributed by atoms with Crippen LogP contribution < -0.4 is 5.32 Å². The van der Waals surface area contributed by atoms with Crippen LogP contribution in [0.5, 0.6) is 0 Å². The van der Waals surface area contributed by atoms with Crippen LogP contribution in [0, 0.1) is 11.8 Å². The molecule has 0 radical (unpaired) electrons. The third-order valence-corrected chi connectivity index (χ3v) is 2.65. The summed E-state index contributed by atoms with van der Waals surface area (Å²) in [7, 11) is 1.44. The largest absolute Gasteiger partial charge is 0.481 e. The number of carbonyl (C=O) groups is 2. The predicted octanol–water partition coefficient (Wildman–Crippen LogP) is 0.884. The summed E-state index contributed by atoms with van der Waals surface area (Å²) in [5.41, 5.74) is 0. The Hall–Kier alpha value is -1.10. The minimum atomic E-state index is -0.932. The first-order valence-corrected chi connectivity index (χ1v) is 5.40. The monoisotopic (exact) mass is 231 g/mol. The van der Waals surface area contributed by atoms with Crippen LogP contribution in [0.4, 0.5) is 0 Å². The van der Waals surface area contributed by atoms with Crippen molar-refractivity contribution in [1.82, 2.24) is 5.32 Å². The first-order valence-electron chi connectivity index (χ1n) is 5.40. The van der Waals surface area contributed by atoms with Crippen molar-refractivity contribution in [1.29, 1.82) is 0 Å². The lowest BCUT2D eigenvalue weighted by molar-refractivity contribution is -0.140. The topological polar surface area (TPSA) is 75.6 Å². The van der Waals surface area contributed by atoms with E-state index in [4.69, 9.17) is 9.84 Å². The van der Waals surface area contributed by atoms with E-state index in [1.165, 1.54) is 7.11 Å². The summed E-state index contributed by atoms with van der Waals surface area (Å²) < 4.78 is 4.96. The Morgan fingerprint density at radius 2 is 1.88 bits per heavy atom. The molecule has 5 heteroatoms. The van der Waals surface area contributed by atoms with Gasteiger partial charge in [0.05, 0.1) is 12.5 Å². The van der Waals surface area contributed by atoms with Gasteiger partial charge in [0.25, 0.3) is 0 Å². The van der Waals surface area contributed by atoms with E-state index < -0.39 is 12.1 Å². The molecule has 0 heterocycles. The van der Waals surface area contributed by atoms with E-state index in [0.717, 1.165) is 0 Å². The van der Waals surface area contributed by atoms with Crippen molar-refractivity contribution in [2.75, 3.05) is 13.7 Å². The number of nitrogens with one attached hydrogen (secondary N) is 1. The highest BCUT2D eigenvalue weighted by atomic mass is 16.5. The quantitative estimate of drug-likeness (QED) is 0.682. The third-order valence-electron chi connectivity index (χ3n) is 2.65. The van der Waals surface area contributed by atoms with E-state index >= 15 is 0 Å². The molecule has 0 spiro atoms. The molecule has 16 heavy (non-hydrogen) atoms. The molecule has 0 fully saturated rings. The number of ether oxygens (including phenoxy) is 1.